The monoisotopic (exact) mass is 236 g/mol. The molecule has 16 heavy (non-hydrogen) atoms. The highest BCUT2D eigenvalue weighted by Gasteiger charge is 2.29. The Hall–Kier alpha value is -0.760. The van der Waals surface area contributed by atoms with Crippen molar-refractivity contribution in [2.45, 2.75) is 51.7 Å². The van der Waals surface area contributed by atoms with E-state index in [1.165, 1.54) is 0 Å². The first-order valence-electron chi connectivity index (χ1n) is 5.41. The molecule has 1 unspecified atom stereocenters. The molecule has 0 aliphatic rings. The van der Waals surface area contributed by atoms with Gasteiger partial charge < -0.3 is 0 Å². The number of nitrogens with one attached hydrogen (secondary N) is 1. The minimum atomic E-state index is -4.13. The van der Waals surface area contributed by atoms with Crippen molar-refractivity contribution in [1.82, 2.24) is 5.32 Å². The molecule has 0 heterocycles. The minimum absolute atomic E-state index is 0.0152. The quantitative estimate of drug-likeness (QED) is 0.768. The van der Waals surface area contributed by atoms with Crippen LogP contribution in [0.25, 0.3) is 0 Å². The first kappa shape index (κ1) is 15.2. The van der Waals surface area contributed by atoms with Gasteiger partial charge in [0.15, 0.2) is 0 Å². The second kappa shape index (κ2) is 6.09. The van der Waals surface area contributed by atoms with Gasteiger partial charge in [0.05, 0.1) is 6.07 Å². The van der Waals surface area contributed by atoms with Gasteiger partial charge in [-0.2, -0.15) is 18.4 Å². The normalized spacial score (nSPS) is 15.9. The molecule has 0 amide bonds. The summed E-state index contributed by atoms with van der Waals surface area (Å²) in [6.45, 7) is 6.25. The van der Waals surface area contributed by atoms with Crippen LogP contribution in [0.15, 0.2) is 0 Å². The number of rotatable bonds is 6. The second-order valence-electron chi connectivity index (χ2n) is 4.69. The molecule has 0 rings (SSSR count). The first-order valence-corrected chi connectivity index (χ1v) is 5.41. The summed E-state index contributed by atoms with van der Waals surface area (Å²) < 4.78 is 35.8. The van der Waals surface area contributed by atoms with Crippen molar-refractivity contribution in [3.63, 3.8) is 0 Å². The molecule has 0 saturated carbocycles. The third kappa shape index (κ3) is 7.52. The van der Waals surface area contributed by atoms with Gasteiger partial charge in [-0.05, 0) is 32.2 Å². The topological polar surface area (TPSA) is 35.8 Å². The molecular formula is C11H19F3N2. The molecule has 1 atom stereocenters. The fraction of sp³-hybridized carbons (Fsp3) is 0.909. The molecule has 0 saturated heterocycles. The van der Waals surface area contributed by atoms with Crippen molar-refractivity contribution in [3.8, 4) is 6.07 Å². The number of halogens is 3. The average molecular weight is 236 g/mol. The van der Waals surface area contributed by atoms with Crippen LogP contribution in [0.1, 0.15) is 40.0 Å². The Balaban J connectivity index is 4.03. The molecule has 0 aliphatic heterocycles. The van der Waals surface area contributed by atoms with Crippen molar-refractivity contribution >= 4 is 0 Å². The molecular weight excluding hydrogens is 217 g/mol. The summed E-state index contributed by atoms with van der Waals surface area (Å²) in [5.41, 5.74) is -0.852. The van der Waals surface area contributed by atoms with Crippen molar-refractivity contribution in [3.05, 3.63) is 0 Å². The summed E-state index contributed by atoms with van der Waals surface area (Å²) in [7, 11) is 0. The van der Waals surface area contributed by atoms with E-state index >= 15 is 0 Å². The molecule has 94 valence electrons. The molecule has 0 bridgehead atoms. The summed E-state index contributed by atoms with van der Waals surface area (Å²) in [5.74, 6) is 0.371. The first-order chi connectivity index (χ1) is 7.18. The van der Waals surface area contributed by atoms with Crippen molar-refractivity contribution in [1.29, 1.82) is 5.26 Å². The summed E-state index contributed by atoms with van der Waals surface area (Å²) >= 11 is 0. The van der Waals surface area contributed by atoms with Crippen LogP contribution in [0, 0.1) is 17.2 Å². The van der Waals surface area contributed by atoms with Crippen molar-refractivity contribution in [2.75, 3.05) is 6.54 Å². The predicted molar refractivity (Wildman–Crippen MR) is 56.8 cm³/mol. The Morgan fingerprint density at radius 3 is 2.19 bits per heavy atom. The molecule has 1 N–H and O–H groups in total. The Morgan fingerprint density at radius 2 is 1.81 bits per heavy atom. The largest absolute Gasteiger partial charge is 0.389 e. The fourth-order valence-electron chi connectivity index (χ4n) is 1.26. The number of hydrogen-bond donors (Lipinski definition) is 1. The fourth-order valence-corrected chi connectivity index (χ4v) is 1.26. The zero-order valence-electron chi connectivity index (χ0n) is 9.99. The van der Waals surface area contributed by atoms with Gasteiger partial charge in [-0.1, -0.05) is 13.8 Å². The van der Waals surface area contributed by atoms with Crippen LogP contribution in [0.3, 0.4) is 0 Å². The lowest BCUT2D eigenvalue weighted by Crippen LogP contribution is -2.42. The Bertz CT molecular complexity index is 243. The van der Waals surface area contributed by atoms with Gasteiger partial charge >= 0.3 is 6.18 Å². The van der Waals surface area contributed by atoms with E-state index in [1.807, 2.05) is 19.9 Å². The lowest BCUT2D eigenvalue weighted by atomic mass is 9.95. The summed E-state index contributed by atoms with van der Waals surface area (Å²) in [6.07, 6.45) is -4.75. The summed E-state index contributed by atoms with van der Waals surface area (Å²) in [6, 6.07) is 2.04. The minimum Gasteiger partial charge on any atom is -0.299 e. The van der Waals surface area contributed by atoms with Crippen LogP contribution < -0.4 is 5.32 Å². The number of alkyl halides is 3. The van der Waals surface area contributed by atoms with Crippen LogP contribution in [0.2, 0.25) is 0 Å². The molecule has 5 heteroatoms. The highest BCUT2D eigenvalue weighted by Crippen LogP contribution is 2.24. The molecule has 0 radical (unpaired) electrons. The maximum absolute atomic E-state index is 11.9. The van der Waals surface area contributed by atoms with Gasteiger partial charge in [0.2, 0.25) is 0 Å². The summed E-state index contributed by atoms with van der Waals surface area (Å²) in [4.78, 5) is 0. The number of nitrogens with zero attached hydrogens (tertiary/aromatic N) is 1. The van der Waals surface area contributed by atoms with Gasteiger partial charge in [-0.25, -0.2) is 0 Å². The zero-order valence-corrected chi connectivity index (χ0v) is 9.99. The van der Waals surface area contributed by atoms with Gasteiger partial charge in [-0.15, -0.1) is 0 Å². The van der Waals surface area contributed by atoms with E-state index in [1.54, 1.807) is 6.92 Å². The standard InChI is InChI=1S/C11H19F3N2/c1-9(2)7-16-10(3,8-15)5-4-6-11(12,13)14/h9,16H,4-7H2,1-3H3. The smallest absolute Gasteiger partial charge is 0.299 e. The molecule has 0 aliphatic carbocycles. The molecule has 0 spiro atoms. The van der Waals surface area contributed by atoms with E-state index in [2.05, 4.69) is 5.32 Å². The molecule has 2 nitrogen and oxygen atoms in total. The van der Waals surface area contributed by atoms with Gasteiger partial charge in [0.25, 0.3) is 0 Å². The molecule has 0 aromatic carbocycles. The Morgan fingerprint density at radius 1 is 1.25 bits per heavy atom. The highest BCUT2D eigenvalue weighted by atomic mass is 19.4. The van der Waals surface area contributed by atoms with Crippen LogP contribution in [0.5, 0.6) is 0 Å². The van der Waals surface area contributed by atoms with Gasteiger partial charge in [-0.3, -0.25) is 5.32 Å². The van der Waals surface area contributed by atoms with E-state index in [-0.39, 0.29) is 12.8 Å². The number of hydrogen-bond acceptors (Lipinski definition) is 2. The Labute approximate surface area is 94.8 Å². The zero-order chi connectivity index (χ0) is 12.8. The predicted octanol–water partition coefficient (Wildman–Crippen LogP) is 3.25. The summed E-state index contributed by atoms with van der Waals surface area (Å²) in [5, 5.41) is 11.9. The Kier molecular flexibility index (Phi) is 5.80. The van der Waals surface area contributed by atoms with Crippen LogP contribution in [-0.2, 0) is 0 Å². The van der Waals surface area contributed by atoms with E-state index in [9.17, 15) is 13.2 Å². The SMILES string of the molecule is CC(C)CNC(C)(C#N)CCCC(F)(F)F. The molecule has 0 fully saturated rings. The van der Waals surface area contributed by atoms with E-state index < -0.39 is 18.1 Å². The molecule has 0 aromatic heterocycles. The van der Waals surface area contributed by atoms with Crippen LogP contribution >= 0.6 is 0 Å². The van der Waals surface area contributed by atoms with Crippen molar-refractivity contribution < 1.29 is 13.2 Å². The van der Waals surface area contributed by atoms with E-state index in [4.69, 9.17) is 5.26 Å². The molecule has 0 aromatic rings. The van der Waals surface area contributed by atoms with Crippen LogP contribution in [-0.4, -0.2) is 18.3 Å². The second-order valence-corrected chi connectivity index (χ2v) is 4.69. The van der Waals surface area contributed by atoms with Crippen molar-refractivity contribution in [2.24, 2.45) is 5.92 Å². The third-order valence-corrected chi connectivity index (χ3v) is 2.28. The lowest BCUT2D eigenvalue weighted by Gasteiger charge is -2.24. The lowest BCUT2D eigenvalue weighted by molar-refractivity contribution is -0.136. The van der Waals surface area contributed by atoms with E-state index in [0.717, 1.165) is 0 Å². The highest BCUT2D eigenvalue weighted by molar-refractivity contribution is 5.03. The average Bonchev–Trinajstić information content (AvgIpc) is 2.13. The maximum atomic E-state index is 11.9. The third-order valence-electron chi connectivity index (χ3n) is 2.28. The van der Waals surface area contributed by atoms with E-state index in [0.29, 0.717) is 12.5 Å². The van der Waals surface area contributed by atoms with Gasteiger partial charge in [0, 0.05) is 6.42 Å². The van der Waals surface area contributed by atoms with Crippen LogP contribution in [0.4, 0.5) is 13.2 Å². The van der Waals surface area contributed by atoms with Gasteiger partial charge in [0.1, 0.15) is 5.54 Å². The number of nitriles is 1. The maximum Gasteiger partial charge on any atom is 0.389 e.